The van der Waals surface area contributed by atoms with Gasteiger partial charge in [-0.05, 0) is 42.8 Å². The summed E-state index contributed by atoms with van der Waals surface area (Å²) in [5, 5.41) is 7.01. The van der Waals surface area contributed by atoms with Gasteiger partial charge in [0, 0.05) is 12.7 Å². The summed E-state index contributed by atoms with van der Waals surface area (Å²) < 4.78 is 20.1. The van der Waals surface area contributed by atoms with E-state index in [0.717, 1.165) is 0 Å². The molecule has 0 saturated carbocycles. The lowest BCUT2D eigenvalue weighted by atomic mass is 10.2. The van der Waals surface area contributed by atoms with E-state index in [9.17, 15) is 9.18 Å². The van der Waals surface area contributed by atoms with E-state index in [4.69, 9.17) is 4.42 Å². The average Bonchev–Trinajstić information content (AvgIpc) is 3.36. The van der Waals surface area contributed by atoms with Gasteiger partial charge in [-0.1, -0.05) is 12.1 Å². The Bertz CT molecular complexity index is 1120. The number of nitrogens with one attached hydrogen (secondary N) is 1. The minimum absolute atomic E-state index is 0.214. The molecule has 0 aliphatic heterocycles. The highest BCUT2D eigenvalue weighted by Gasteiger charge is 2.17. The van der Waals surface area contributed by atoms with Gasteiger partial charge < -0.3 is 9.73 Å². The molecular formula is C20H16FN5O2. The molecule has 8 heteroatoms. The van der Waals surface area contributed by atoms with Crippen molar-refractivity contribution in [2.45, 2.75) is 13.5 Å². The molecule has 1 amide bonds. The van der Waals surface area contributed by atoms with Gasteiger partial charge in [-0.3, -0.25) is 4.79 Å². The van der Waals surface area contributed by atoms with E-state index in [2.05, 4.69) is 20.4 Å². The largest absolute Gasteiger partial charge is 0.463 e. The van der Waals surface area contributed by atoms with Crippen molar-refractivity contribution in [2.24, 2.45) is 0 Å². The van der Waals surface area contributed by atoms with Gasteiger partial charge in [0.05, 0.1) is 23.7 Å². The Morgan fingerprint density at radius 3 is 2.93 bits per heavy atom. The number of amides is 1. The average molecular weight is 377 g/mol. The number of furan rings is 1. The molecule has 0 fully saturated rings. The zero-order valence-corrected chi connectivity index (χ0v) is 15.0. The first kappa shape index (κ1) is 17.6. The van der Waals surface area contributed by atoms with E-state index in [1.165, 1.54) is 23.0 Å². The van der Waals surface area contributed by atoms with Gasteiger partial charge in [-0.2, -0.15) is 5.10 Å². The molecule has 28 heavy (non-hydrogen) atoms. The van der Waals surface area contributed by atoms with Gasteiger partial charge >= 0.3 is 0 Å². The number of hydrogen-bond donors (Lipinski definition) is 1. The molecule has 1 N–H and O–H groups in total. The van der Waals surface area contributed by atoms with Crippen LogP contribution in [-0.4, -0.2) is 25.7 Å². The summed E-state index contributed by atoms with van der Waals surface area (Å²) in [7, 11) is 0. The summed E-state index contributed by atoms with van der Waals surface area (Å²) >= 11 is 0. The zero-order valence-electron chi connectivity index (χ0n) is 15.0. The summed E-state index contributed by atoms with van der Waals surface area (Å²) in [5.41, 5.74) is 2.27. The van der Waals surface area contributed by atoms with Crippen LogP contribution in [0.1, 0.15) is 21.6 Å². The highest BCUT2D eigenvalue weighted by Crippen LogP contribution is 2.18. The van der Waals surface area contributed by atoms with Crippen molar-refractivity contribution in [1.29, 1.82) is 0 Å². The van der Waals surface area contributed by atoms with Gasteiger partial charge in [0.2, 0.25) is 0 Å². The lowest BCUT2D eigenvalue weighted by molar-refractivity contribution is 0.0950. The Balaban J connectivity index is 1.54. The number of carbonyl (C=O) groups is 1. The first-order valence-electron chi connectivity index (χ1n) is 8.56. The molecule has 0 unspecified atom stereocenters. The second kappa shape index (κ2) is 7.43. The predicted molar refractivity (Wildman–Crippen MR) is 99.2 cm³/mol. The zero-order chi connectivity index (χ0) is 19.5. The van der Waals surface area contributed by atoms with Crippen molar-refractivity contribution in [3.63, 3.8) is 0 Å². The number of rotatable bonds is 5. The number of nitrogens with zero attached hydrogens (tertiary/aromatic N) is 4. The molecule has 0 bridgehead atoms. The maximum absolute atomic E-state index is 13.3. The maximum Gasteiger partial charge on any atom is 0.255 e. The van der Waals surface area contributed by atoms with E-state index >= 15 is 0 Å². The molecule has 0 saturated heterocycles. The Kier molecular flexibility index (Phi) is 4.67. The van der Waals surface area contributed by atoms with Crippen molar-refractivity contribution in [3.8, 4) is 17.4 Å². The minimum Gasteiger partial charge on any atom is -0.463 e. The van der Waals surface area contributed by atoms with Crippen LogP contribution in [0.15, 0.2) is 65.5 Å². The number of halogens is 1. The molecule has 3 aromatic heterocycles. The van der Waals surface area contributed by atoms with Crippen LogP contribution in [-0.2, 0) is 6.54 Å². The van der Waals surface area contributed by atoms with E-state index < -0.39 is 0 Å². The quantitative estimate of drug-likeness (QED) is 0.577. The van der Waals surface area contributed by atoms with Crippen LogP contribution in [0.25, 0.3) is 17.4 Å². The van der Waals surface area contributed by atoms with Crippen LogP contribution in [0.4, 0.5) is 4.39 Å². The predicted octanol–water partition coefficient (Wildman–Crippen LogP) is 3.30. The number of carbonyl (C=O) groups excluding carboxylic acids is 1. The van der Waals surface area contributed by atoms with Crippen LogP contribution < -0.4 is 5.32 Å². The van der Waals surface area contributed by atoms with Crippen LogP contribution in [0.3, 0.4) is 0 Å². The Hall–Kier alpha value is -3.81. The summed E-state index contributed by atoms with van der Waals surface area (Å²) in [6.07, 6.45) is 4.63. The third kappa shape index (κ3) is 3.52. The van der Waals surface area contributed by atoms with Crippen LogP contribution in [0.5, 0.6) is 0 Å². The normalized spacial score (nSPS) is 10.8. The maximum atomic E-state index is 13.3. The second-order valence-corrected chi connectivity index (χ2v) is 6.09. The van der Waals surface area contributed by atoms with Crippen molar-refractivity contribution in [2.75, 3.05) is 0 Å². The molecule has 3 heterocycles. The van der Waals surface area contributed by atoms with Gasteiger partial charge in [0.15, 0.2) is 5.76 Å². The van der Waals surface area contributed by atoms with Crippen molar-refractivity contribution < 1.29 is 13.6 Å². The second-order valence-electron chi connectivity index (χ2n) is 6.09. The minimum atomic E-state index is -0.343. The molecule has 0 atom stereocenters. The van der Waals surface area contributed by atoms with E-state index in [0.29, 0.717) is 34.2 Å². The topological polar surface area (TPSA) is 85.8 Å². The summed E-state index contributed by atoms with van der Waals surface area (Å²) in [4.78, 5) is 21.2. The van der Waals surface area contributed by atoms with Crippen molar-refractivity contribution >= 4 is 5.91 Å². The third-order valence-electron chi connectivity index (χ3n) is 4.20. The first-order chi connectivity index (χ1) is 13.6. The SMILES string of the molecule is Cc1c(C(=O)NCc2cccc(F)c2)cnn1-c1nccc(-c2ccco2)n1. The molecule has 0 aliphatic rings. The van der Waals surface area contributed by atoms with Crippen molar-refractivity contribution in [3.05, 3.63) is 83.8 Å². The van der Waals surface area contributed by atoms with Gasteiger partial charge in [0.1, 0.15) is 11.5 Å². The molecule has 0 spiro atoms. The number of aromatic nitrogens is 4. The molecule has 0 radical (unpaired) electrons. The summed E-state index contributed by atoms with van der Waals surface area (Å²) in [6, 6.07) is 11.4. The van der Waals surface area contributed by atoms with Crippen LogP contribution >= 0.6 is 0 Å². The fraction of sp³-hybridized carbons (Fsp3) is 0.100. The van der Waals surface area contributed by atoms with Gasteiger partial charge in [0.25, 0.3) is 11.9 Å². The van der Waals surface area contributed by atoms with Crippen LogP contribution in [0, 0.1) is 12.7 Å². The molecule has 140 valence electrons. The highest BCUT2D eigenvalue weighted by molar-refractivity contribution is 5.95. The monoisotopic (exact) mass is 377 g/mol. The molecule has 4 rings (SSSR count). The van der Waals surface area contributed by atoms with E-state index in [1.54, 1.807) is 49.7 Å². The smallest absolute Gasteiger partial charge is 0.255 e. The Morgan fingerprint density at radius 2 is 2.14 bits per heavy atom. The Labute approximate surface area is 159 Å². The fourth-order valence-electron chi connectivity index (χ4n) is 2.77. The lowest BCUT2D eigenvalue weighted by Crippen LogP contribution is -2.23. The lowest BCUT2D eigenvalue weighted by Gasteiger charge is -2.06. The molecule has 7 nitrogen and oxygen atoms in total. The standard InChI is InChI=1S/C20H16FN5O2/c1-13-16(19(27)23-11-14-4-2-5-15(21)10-14)12-24-26(13)20-22-8-7-17(25-20)18-6-3-9-28-18/h2-10,12H,11H2,1H3,(H,23,27). The van der Waals surface area contributed by atoms with E-state index in [1.807, 2.05) is 0 Å². The third-order valence-corrected chi connectivity index (χ3v) is 4.20. The number of benzene rings is 1. The molecule has 1 aromatic carbocycles. The van der Waals surface area contributed by atoms with E-state index in [-0.39, 0.29) is 18.3 Å². The highest BCUT2D eigenvalue weighted by atomic mass is 19.1. The molecule has 0 aliphatic carbocycles. The first-order valence-corrected chi connectivity index (χ1v) is 8.56. The van der Waals surface area contributed by atoms with Crippen LogP contribution in [0.2, 0.25) is 0 Å². The molecule has 4 aromatic rings. The molecular weight excluding hydrogens is 361 g/mol. The van der Waals surface area contributed by atoms with Gasteiger partial charge in [-0.25, -0.2) is 19.0 Å². The summed E-state index contributed by atoms with van der Waals surface area (Å²) in [5.74, 6) is 0.289. The van der Waals surface area contributed by atoms with Gasteiger partial charge in [-0.15, -0.1) is 0 Å². The van der Waals surface area contributed by atoms with Crippen molar-refractivity contribution in [1.82, 2.24) is 25.1 Å². The summed E-state index contributed by atoms with van der Waals surface area (Å²) in [6.45, 7) is 1.97. The fourth-order valence-corrected chi connectivity index (χ4v) is 2.77. The Morgan fingerprint density at radius 1 is 1.25 bits per heavy atom. The number of hydrogen-bond acceptors (Lipinski definition) is 5.